The van der Waals surface area contributed by atoms with E-state index in [0.717, 1.165) is 27.9 Å². The molecule has 0 unspecified atom stereocenters. The van der Waals surface area contributed by atoms with Crippen LogP contribution in [0.5, 0.6) is 11.8 Å². The highest BCUT2D eigenvalue weighted by molar-refractivity contribution is 6.07. The van der Waals surface area contributed by atoms with Crippen LogP contribution in [0, 0.1) is 19.3 Å². The van der Waals surface area contributed by atoms with Gasteiger partial charge >= 0.3 is 6.01 Å². The lowest BCUT2D eigenvalue weighted by molar-refractivity contribution is 0.440. The Kier molecular flexibility index (Phi) is 4.88. The summed E-state index contributed by atoms with van der Waals surface area (Å²) in [5.41, 5.74) is 11.4. The number of aryl methyl sites for hydroxylation is 2. The molecule has 160 valence electrons. The number of rotatable bonds is 4. The minimum Gasteiger partial charge on any atom is -0.424 e. The molecule has 0 bridgehead atoms. The first-order valence-corrected chi connectivity index (χ1v) is 10.0. The first kappa shape index (κ1) is 20.1. The van der Waals surface area contributed by atoms with Crippen LogP contribution in [0.4, 0.5) is 5.82 Å². The SMILES string of the molecule is C#Cc1cnc(-c2c(-c3ccc(Oc4nccc(C)n4)cc3)c3c(N)ncnc3n2C)cn1. The lowest BCUT2D eigenvalue weighted by atomic mass is 10.0. The smallest absolute Gasteiger partial charge is 0.322 e. The number of ether oxygens (including phenoxy) is 1. The van der Waals surface area contributed by atoms with Crippen LogP contribution in [0.2, 0.25) is 0 Å². The number of anilines is 1. The fourth-order valence-corrected chi connectivity index (χ4v) is 3.65. The summed E-state index contributed by atoms with van der Waals surface area (Å²) in [6.07, 6.45) is 11.7. The van der Waals surface area contributed by atoms with Crippen molar-refractivity contribution in [2.75, 3.05) is 5.73 Å². The Morgan fingerprint density at radius 2 is 1.82 bits per heavy atom. The summed E-state index contributed by atoms with van der Waals surface area (Å²) in [5.74, 6) is 3.46. The van der Waals surface area contributed by atoms with E-state index in [1.54, 1.807) is 18.6 Å². The Balaban J connectivity index is 1.64. The monoisotopic (exact) mass is 434 g/mol. The molecule has 0 saturated heterocycles. The number of nitrogens with two attached hydrogens (primary N) is 1. The van der Waals surface area contributed by atoms with E-state index in [4.69, 9.17) is 16.9 Å². The van der Waals surface area contributed by atoms with Gasteiger partial charge in [0.25, 0.3) is 0 Å². The van der Waals surface area contributed by atoms with Crippen LogP contribution < -0.4 is 10.5 Å². The van der Waals surface area contributed by atoms with E-state index in [1.807, 2.05) is 48.9 Å². The van der Waals surface area contributed by atoms with Gasteiger partial charge in [-0.25, -0.2) is 24.9 Å². The number of fused-ring (bicyclic) bond motifs is 1. The number of aromatic nitrogens is 7. The number of nitrogen functional groups attached to an aromatic ring is 1. The van der Waals surface area contributed by atoms with Crippen LogP contribution in [0.3, 0.4) is 0 Å². The molecule has 4 heterocycles. The van der Waals surface area contributed by atoms with Gasteiger partial charge in [0.2, 0.25) is 0 Å². The quantitative estimate of drug-likeness (QED) is 0.427. The van der Waals surface area contributed by atoms with E-state index in [0.29, 0.717) is 28.6 Å². The van der Waals surface area contributed by atoms with E-state index < -0.39 is 0 Å². The minimum atomic E-state index is 0.287. The van der Waals surface area contributed by atoms with Crippen molar-refractivity contribution in [1.29, 1.82) is 0 Å². The van der Waals surface area contributed by atoms with Gasteiger partial charge < -0.3 is 15.0 Å². The normalized spacial score (nSPS) is 10.8. The summed E-state index contributed by atoms with van der Waals surface area (Å²) >= 11 is 0. The average molecular weight is 434 g/mol. The molecular formula is C24H18N8O. The van der Waals surface area contributed by atoms with Crippen LogP contribution in [0.1, 0.15) is 11.4 Å². The highest BCUT2D eigenvalue weighted by Crippen LogP contribution is 2.41. The van der Waals surface area contributed by atoms with Crippen molar-refractivity contribution in [3.05, 3.63) is 66.6 Å². The van der Waals surface area contributed by atoms with Crippen molar-refractivity contribution in [3.8, 4) is 46.6 Å². The molecule has 0 saturated carbocycles. The highest BCUT2D eigenvalue weighted by Gasteiger charge is 2.22. The summed E-state index contributed by atoms with van der Waals surface area (Å²) in [7, 11) is 1.90. The fourth-order valence-electron chi connectivity index (χ4n) is 3.65. The third-order valence-corrected chi connectivity index (χ3v) is 5.16. The second-order valence-corrected chi connectivity index (χ2v) is 7.28. The molecular weight excluding hydrogens is 416 g/mol. The van der Waals surface area contributed by atoms with Gasteiger partial charge in [-0.2, -0.15) is 0 Å². The minimum absolute atomic E-state index is 0.287. The predicted octanol–water partition coefficient (Wildman–Crippen LogP) is 3.55. The van der Waals surface area contributed by atoms with Crippen molar-refractivity contribution in [2.24, 2.45) is 7.05 Å². The Labute approximate surface area is 189 Å². The zero-order valence-corrected chi connectivity index (χ0v) is 17.9. The maximum Gasteiger partial charge on any atom is 0.322 e. The van der Waals surface area contributed by atoms with Crippen LogP contribution in [0.15, 0.2) is 55.2 Å². The standard InChI is InChI=1S/C24H18N8O/c1-4-16-11-28-18(12-27-16)21-19(20-22(25)29-13-30-23(20)32(21)3)15-5-7-17(8-6-15)33-24-26-10-9-14(2)31-24/h1,5-13H,2-3H3,(H2,25,29,30). The van der Waals surface area contributed by atoms with Gasteiger partial charge in [-0.3, -0.25) is 4.98 Å². The lowest BCUT2D eigenvalue weighted by Crippen LogP contribution is -1.97. The van der Waals surface area contributed by atoms with E-state index in [-0.39, 0.29) is 6.01 Å². The Bertz CT molecular complexity index is 1520. The maximum atomic E-state index is 6.28. The Hall–Kier alpha value is -4.84. The zero-order valence-electron chi connectivity index (χ0n) is 17.9. The molecule has 0 atom stereocenters. The fraction of sp³-hybridized carbons (Fsp3) is 0.0833. The van der Waals surface area contributed by atoms with E-state index in [9.17, 15) is 0 Å². The summed E-state index contributed by atoms with van der Waals surface area (Å²) < 4.78 is 7.71. The molecule has 4 aromatic heterocycles. The van der Waals surface area contributed by atoms with Crippen molar-refractivity contribution in [1.82, 2.24) is 34.5 Å². The first-order chi connectivity index (χ1) is 16.0. The van der Waals surface area contributed by atoms with Crippen molar-refractivity contribution in [2.45, 2.75) is 6.92 Å². The second-order valence-electron chi connectivity index (χ2n) is 7.28. The van der Waals surface area contributed by atoms with Gasteiger partial charge in [-0.1, -0.05) is 12.1 Å². The lowest BCUT2D eigenvalue weighted by Gasteiger charge is -2.09. The van der Waals surface area contributed by atoms with Gasteiger partial charge in [0, 0.05) is 24.5 Å². The number of terminal acetylenes is 1. The Morgan fingerprint density at radius 1 is 1.00 bits per heavy atom. The summed E-state index contributed by atoms with van der Waals surface area (Å²) in [4.78, 5) is 25.9. The van der Waals surface area contributed by atoms with E-state index in [1.165, 1.54) is 6.33 Å². The highest BCUT2D eigenvalue weighted by atomic mass is 16.5. The van der Waals surface area contributed by atoms with E-state index >= 15 is 0 Å². The maximum absolute atomic E-state index is 6.28. The summed E-state index contributed by atoms with van der Waals surface area (Å²) in [5, 5.41) is 0.730. The van der Waals surface area contributed by atoms with Crippen LogP contribution in [-0.2, 0) is 7.05 Å². The average Bonchev–Trinajstić information content (AvgIpc) is 3.13. The molecule has 9 heteroatoms. The summed E-state index contributed by atoms with van der Waals surface area (Å²) in [6.45, 7) is 1.88. The van der Waals surface area contributed by atoms with Crippen molar-refractivity contribution < 1.29 is 4.74 Å². The molecule has 0 aliphatic carbocycles. The van der Waals surface area contributed by atoms with Gasteiger partial charge in [0.05, 0.1) is 23.5 Å². The number of hydrogen-bond donors (Lipinski definition) is 1. The van der Waals surface area contributed by atoms with Crippen LogP contribution in [0.25, 0.3) is 33.5 Å². The molecule has 2 N–H and O–H groups in total. The van der Waals surface area contributed by atoms with Crippen LogP contribution in [-0.4, -0.2) is 34.5 Å². The Morgan fingerprint density at radius 3 is 2.52 bits per heavy atom. The molecule has 0 fully saturated rings. The zero-order chi connectivity index (χ0) is 22.9. The van der Waals surface area contributed by atoms with Crippen LogP contribution >= 0.6 is 0 Å². The molecule has 0 aliphatic heterocycles. The molecule has 1 aromatic carbocycles. The van der Waals surface area contributed by atoms with Crippen molar-refractivity contribution in [3.63, 3.8) is 0 Å². The number of benzene rings is 1. The topological polar surface area (TPSA) is 118 Å². The molecule has 0 spiro atoms. The van der Waals surface area contributed by atoms with Gasteiger partial charge in [-0.15, -0.1) is 6.42 Å². The van der Waals surface area contributed by atoms with Gasteiger partial charge in [0.15, 0.2) is 0 Å². The largest absolute Gasteiger partial charge is 0.424 e. The molecule has 5 rings (SSSR count). The molecule has 33 heavy (non-hydrogen) atoms. The van der Waals surface area contributed by atoms with Gasteiger partial charge in [-0.05, 0) is 36.6 Å². The summed E-state index contributed by atoms with van der Waals surface area (Å²) in [6, 6.07) is 9.64. The molecule has 9 nitrogen and oxygen atoms in total. The molecule has 0 radical (unpaired) electrons. The van der Waals surface area contributed by atoms with Gasteiger partial charge in [0.1, 0.15) is 34.9 Å². The second kappa shape index (κ2) is 8.01. The van der Waals surface area contributed by atoms with Crippen molar-refractivity contribution >= 4 is 16.9 Å². The predicted molar refractivity (Wildman–Crippen MR) is 124 cm³/mol. The number of nitrogens with zero attached hydrogens (tertiary/aromatic N) is 7. The number of hydrogen-bond acceptors (Lipinski definition) is 8. The molecule has 0 aliphatic rings. The van der Waals surface area contributed by atoms with E-state index in [2.05, 4.69) is 35.8 Å². The molecule has 0 amide bonds. The third kappa shape index (κ3) is 3.59. The first-order valence-electron chi connectivity index (χ1n) is 10.0. The molecule has 5 aromatic rings. The third-order valence-electron chi connectivity index (χ3n) is 5.16.